The number of nitro groups is 1. The summed E-state index contributed by atoms with van der Waals surface area (Å²) in [5.74, 6) is -3.97. The molecule has 2 aromatic carbocycles. The van der Waals surface area contributed by atoms with E-state index in [0.717, 1.165) is 24.3 Å². The van der Waals surface area contributed by atoms with Crippen molar-refractivity contribution >= 4 is 29.2 Å². The lowest BCUT2D eigenvalue weighted by Crippen LogP contribution is -2.30. The molecule has 0 atom stereocenters. The van der Waals surface area contributed by atoms with Crippen LogP contribution >= 0.6 is 11.6 Å². The van der Waals surface area contributed by atoms with Crippen LogP contribution in [0.15, 0.2) is 36.4 Å². The minimum absolute atomic E-state index is 0.296. The molecule has 0 radical (unpaired) electrons. The lowest BCUT2D eigenvalue weighted by molar-refractivity contribution is -0.385. The van der Waals surface area contributed by atoms with Crippen LogP contribution in [0.5, 0.6) is 11.5 Å². The van der Waals surface area contributed by atoms with E-state index in [-0.39, 0.29) is 11.5 Å². The highest BCUT2D eigenvalue weighted by molar-refractivity contribution is 6.32. The van der Waals surface area contributed by atoms with Crippen LogP contribution in [0.4, 0.5) is 32.0 Å². The summed E-state index contributed by atoms with van der Waals surface area (Å²) in [5.41, 5.74) is -2.71. The van der Waals surface area contributed by atoms with Crippen molar-refractivity contribution in [2.75, 3.05) is 13.3 Å². The van der Waals surface area contributed by atoms with Gasteiger partial charge < -0.3 is 14.2 Å². The van der Waals surface area contributed by atoms with E-state index >= 15 is 0 Å². The average Bonchev–Trinajstić information content (AvgIpc) is 2.72. The molecule has 0 aliphatic heterocycles. The second-order valence-electron chi connectivity index (χ2n) is 6.00. The number of carbonyl (C=O) groups excluding carboxylic acids is 2. The first-order valence-corrected chi connectivity index (χ1v) is 8.77. The van der Waals surface area contributed by atoms with Crippen LogP contribution in [-0.4, -0.2) is 36.3 Å². The topological polar surface area (TPSA) is 105 Å². The molecule has 178 valence electrons. The number of ether oxygens (including phenoxy) is 3. The molecule has 0 saturated heterocycles. The van der Waals surface area contributed by atoms with E-state index in [4.69, 9.17) is 16.3 Å². The minimum Gasteiger partial charge on any atom is -0.456 e. The van der Waals surface area contributed by atoms with E-state index in [1.807, 2.05) is 0 Å². The normalized spacial score (nSPS) is 11.6. The molecular formula is C18H10ClF6NO7. The lowest BCUT2D eigenvalue weighted by Gasteiger charge is -2.13. The van der Waals surface area contributed by atoms with Crippen molar-refractivity contribution in [2.45, 2.75) is 12.3 Å². The van der Waals surface area contributed by atoms with Crippen LogP contribution in [0, 0.1) is 10.1 Å². The molecule has 0 amide bonds. The van der Waals surface area contributed by atoms with E-state index in [1.54, 1.807) is 0 Å². The highest BCUT2D eigenvalue weighted by atomic mass is 35.5. The molecule has 0 bridgehead atoms. The highest BCUT2D eigenvalue weighted by Gasteiger charge is 2.35. The fourth-order valence-corrected chi connectivity index (χ4v) is 2.43. The van der Waals surface area contributed by atoms with Gasteiger partial charge in [0.25, 0.3) is 5.69 Å². The Morgan fingerprint density at radius 3 is 2.27 bits per heavy atom. The van der Waals surface area contributed by atoms with Crippen molar-refractivity contribution in [3.63, 3.8) is 0 Å². The van der Waals surface area contributed by atoms with Gasteiger partial charge >= 0.3 is 24.2 Å². The van der Waals surface area contributed by atoms with Gasteiger partial charge in [0, 0.05) is 12.1 Å². The number of nitrogens with zero attached hydrogens (tertiary/aromatic N) is 1. The highest BCUT2D eigenvalue weighted by Crippen LogP contribution is 2.37. The molecule has 0 heterocycles. The van der Waals surface area contributed by atoms with Crippen molar-refractivity contribution in [2.24, 2.45) is 0 Å². The summed E-state index contributed by atoms with van der Waals surface area (Å²) < 4.78 is 88.5. The standard InChI is InChI=1S/C18H10ClF6NO7/c19-12-5-9(18(23,24)25)1-4-14(12)32-10-2-3-13(26(29)30)11(6-10)16(28)31-7-15(27)33-17(21,22)8-20/h1-6H,7-8H2. The van der Waals surface area contributed by atoms with Gasteiger partial charge in [-0.15, -0.1) is 0 Å². The minimum atomic E-state index is -4.68. The number of rotatable bonds is 8. The molecule has 2 aromatic rings. The van der Waals surface area contributed by atoms with Crippen molar-refractivity contribution in [3.8, 4) is 11.5 Å². The first-order valence-electron chi connectivity index (χ1n) is 8.39. The van der Waals surface area contributed by atoms with E-state index in [1.165, 1.54) is 0 Å². The summed E-state index contributed by atoms with van der Waals surface area (Å²) in [4.78, 5) is 33.5. The van der Waals surface area contributed by atoms with Crippen LogP contribution < -0.4 is 4.74 Å². The number of esters is 2. The lowest BCUT2D eigenvalue weighted by atomic mass is 10.1. The van der Waals surface area contributed by atoms with Gasteiger partial charge in [-0.3, -0.25) is 10.1 Å². The summed E-state index contributed by atoms with van der Waals surface area (Å²) in [6.45, 7) is -3.76. The Kier molecular flexibility index (Phi) is 7.74. The van der Waals surface area contributed by atoms with Gasteiger partial charge in [0.2, 0.25) is 0 Å². The molecule has 0 aliphatic rings. The number of hydrogen-bond donors (Lipinski definition) is 0. The number of alkyl halides is 6. The maximum absolute atomic E-state index is 12.7. The zero-order chi connectivity index (χ0) is 25.0. The molecule has 8 nitrogen and oxygen atoms in total. The van der Waals surface area contributed by atoms with Gasteiger partial charge in [-0.1, -0.05) is 11.6 Å². The second kappa shape index (κ2) is 9.94. The van der Waals surface area contributed by atoms with Crippen molar-refractivity contribution < 1.29 is 55.1 Å². The van der Waals surface area contributed by atoms with Crippen molar-refractivity contribution in [1.29, 1.82) is 0 Å². The Bertz CT molecular complexity index is 1080. The zero-order valence-electron chi connectivity index (χ0n) is 15.8. The van der Waals surface area contributed by atoms with Crippen LogP contribution in [0.1, 0.15) is 15.9 Å². The van der Waals surface area contributed by atoms with Gasteiger partial charge in [-0.05, 0) is 24.3 Å². The number of nitro benzene ring substituents is 1. The summed E-state index contributed by atoms with van der Waals surface area (Å²) in [6, 6.07) is 4.59. The maximum Gasteiger partial charge on any atom is 0.429 e. The molecule has 0 aromatic heterocycles. The van der Waals surface area contributed by atoms with E-state index in [9.17, 15) is 46.0 Å². The number of benzene rings is 2. The largest absolute Gasteiger partial charge is 0.456 e. The van der Waals surface area contributed by atoms with Crippen LogP contribution in [0.2, 0.25) is 5.02 Å². The van der Waals surface area contributed by atoms with Gasteiger partial charge in [0.05, 0.1) is 15.5 Å². The molecule has 2 rings (SSSR count). The van der Waals surface area contributed by atoms with E-state index in [0.29, 0.717) is 12.1 Å². The predicted octanol–water partition coefficient (Wildman–Crippen LogP) is 5.32. The Morgan fingerprint density at radius 2 is 1.73 bits per heavy atom. The molecule has 0 fully saturated rings. The Morgan fingerprint density at radius 1 is 1.06 bits per heavy atom. The van der Waals surface area contributed by atoms with Crippen LogP contribution in [-0.2, 0) is 20.4 Å². The molecule has 0 aliphatic carbocycles. The quantitative estimate of drug-likeness (QED) is 0.208. The third kappa shape index (κ3) is 6.97. The van der Waals surface area contributed by atoms with Crippen LogP contribution in [0.25, 0.3) is 0 Å². The summed E-state index contributed by atoms with van der Waals surface area (Å²) in [6.07, 6.45) is -9.13. The molecule has 15 heteroatoms. The Labute approximate surface area is 184 Å². The summed E-state index contributed by atoms with van der Waals surface area (Å²) in [7, 11) is 0. The maximum atomic E-state index is 12.7. The Balaban J connectivity index is 2.23. The molecule has 0 N–H and O–H groups in total. The summed E-state index contributed by atoms with van der Waals surface area (Å²) in [5, 5.41) is 10.7. The molecule has 0 spiro atoms. The number of hydrogen-bond acceptors (Lipinski definition) is 7. The molecule has 0 unspecified atom stereocenters. The number of halogens is 7. The molecular weight excluding hydrogens is 492 g/mol. The molecule has 0 saturated carbocycles. The van der Waals surface area contributed by atoms with Crippen molar-refractivity contribution in [1.82, 2.24) is 0 Å². The van der Waals surface area contributed by atoms with Gasteiger partial charge in [-0.2, -0.15) is 22.0 Å². The van der Waals surface area contributed by atoms with Crippen LogP contribution in [0.3, 0.4) is 0 Å². The fourth-order valence-electron chi connectivity index (χ4n) is 2.21. The fraction of sp³-hybridized carbons (Fsp3) is 0.222. The van der Waals surface area contributed by atoms with Gasteiger partial charge in [0.15, 0.2) is 13.3 Å². The summed E-state index contributed by atoms with van der Waals surface area (Å²) >= 11 is 5.75. The Hall–Kier alpha value is -3.55. The third-order valence-corrected chi connectivity index (χ3v) is 3.91. The SMILES string of the molecule is O=C(COC(=O)c1cc(Oc2ccc(C(F)(F)F)cc2Cl)ccc1[N+](=O)[O-])OC(F)(F)CF. The second-order valence-corrected chi connectivity index (χ2v) is 6.41. The monoisotopic (exact) mass is 501 g/mol. The average molecular weight is 502 g/mol. The van der Waals surface area contributed by atoms with Crippen molar-refractivity contribution in [3.05, 3.63) is 62.7 Å². The predicted molar refractivity (Wildman–Crippen MR) is 96.9 cm³/mol. The van der Waals surface area contributed by atoms with E-state index in [2.05, 4.69) is 9.47 Å². The molecule has 33 heavy (non-hydrogen) atoms. The van der Waals surface area contributed by atoms with Gasteiger partial charge in [-0.25, -0.2) is 14.0 Å². The zero-order valence-corrected chi connectivity index (χ0v) is 16.6. The van der Waals surface area contributed by atoms with E-state index < -0.39 is 64.3 Å². The third-order valence-electron chi connectivity index (χ3n) is 3.61. The first-order chi connectivity index (χ1) is 15.2. The smallest absolute Gasteiger partial charge is 0.429 e. The van der Waals surface area contributed by atoms with Gasteiger partial charge in [0.1, 0.15) is 17.1 Å². The first kappa shape index (κ1) is 25.7. The number of carbonyl (C=O) groups is 2.